The number of aryl methyl sites for hydroxylation is 8. The monoisotopic (exact) mass is 1920 g/mol. The molecule has 10 aromatic carbocycles. The smallest absolute Gasteiger partial charge is 0.330 e. The highest BCUT2D eigenvalue weighted by Crippen LogP contribution is 2.45. The summed E-state index contributed by atoms with van der Waals surface area (Å²) in [6.45, 7) is 64.3. The molecule has 0 unspecified atom stereocenters. The van der Waals surface area contributed by atoms with Crippen LogP contribution in [0.2, 0.25) is 0 Å². The van der Waals surface area contributed by atoms with Gasteiger partial charge in [-0.25, -0.2) is 28.2 Å². The van der Waals surface area contributed by atoms with E-state index < -0.39 is 0 Å². The van der Waals surface area contributed by atoms with Gasteiger partial charge in [-0.3, -0.25) is 0 Å². The zero-order valence-corrected chi connectivity index (χ0v) is 93.4. The number of nitrogens with zero attached hydrogens (tertiary/aromatic N) is 14. The molecular formula is C130H162N14+4. The number of hydrogen-bond donors (Lipinski definition) is 0. The van der Waals surface area contributed by atoms with Crippen LogP contribution >= 0.6 is 0 Å². The predicted molar refractivity (Wildman–Crippen MR) is 602 cm³/mol. The lowest BCUT2D eigenvalue weighted by Gasteiger charge is -2.24. The zero-order valence-electron chi connectivity index (χ0n) is 93.4. The molecule has 0 fully saturated rings. The second-order valence-corrected chi connectivity index (χ2v) is 45.2. The lowest BCUT2D eigenvalue weighted by atomic mass is 9.79. The summed E-state index contributed by atoms with van der Waals surface area (Å²) >= 11 is 0. The van der Waals surface area contributed by atoms with Gasteiger partial charge in [-0.15, -0.1) is 0 Å². The predicted octanol–water partition coefficient (Wildman–Crippen LogP) is 29.9. The summed E-state index contributed by atoms with van der Waals surface area (Å²) in [4.78, 5) is 9.97. The first-order valence-electron chi connectivity index (χ1n) is 52.5. The van der Waals surface area contributed by atoms with Crippen molar-refractivity contribution in [2.75, 3.05) is 0 Å². The second kappa shape index (κ2) is 41.7. The van der Waals surface area contributed by atoms with E-state index in [0.717, 1.165) is 34.3 Å². The Bertz CT molecular complexity index is 7130. The van der Waals surface area contributed by atoms with Crippen molar-refractivity contribution < 1.29 is 18.3 Å². The van der Waals surface area contributed by atoms with Crippen LogP contribution in [0.1, 0.15) is 325 Å². The molecule has 0 atom stereocenters. The maximum atomic E-state index is 5.19. The van der Waals surface area contributed by atoms with Crippen molar-refractivity contribution in [2.45, 2.75) is 263 Å². The number of fused-ring (bicyclic) bond motifs is 2. The summed E-state index contributed by atoms with van der Waals surface area (Å²) in [5, 5.41) is 1.26. The van der Waals surface area contributed by atoms with Crippen LogP contribution in [0.15, 0.2) is 280 Å². The molecule has 14 heteroatoms. The van der Waals surface area contributed by atoms with Gasteiger partial charge in [0.1, 0.15) is 58.9 Å². The number of imidazole rings is 6. The molecular weight excluding hydrogens is 1760 g/mol. The fourth-order valence-corrected chi connectivity index (χ4v) is 23.2. The van der Waals surface area contributed by atoms with E-state index in [1.807, 2.05) is 12.4 Å². The molecule has 748 valence electrons. The van der Waals surface area contributed by atoms with Gasteiger partial charge in [-0.05, 0) is 211 Å². The van der Waals surface area contributed by atoms with Crippen LogP contribution in [0.5, 0.6) is 0 Å². The number of rotatable bonds is 24. The fourth-order valence-electron chi connectivity index (χ4n) is 23.2. The third-order valence-corrected chi connectivity index (χ3v) is 31.2. The third kappa shape index (κ3) is 19.4. The van der Waals surface area contributed by atoms with Crippen LogP contribution in [0.3, 0.4) is 0 Å². The molecule has 0 bridgehead atoms. The van der Waals surface area contributed by atoms with E-state index >= 15 is 0 Å². The van der Waals surface area contributed by atoms with E-state index in [2.05, 4.69) is 573 Å². The maximum absolute atomic E-state index is 5.19. The highest BCUT2D eigenvalue weighted by Gasteiger charge is 2.45. The molecule has 0 aliphatic carbocycles. The Hall–Kier alpha value is -13.5. The van der Waals surface area contributed by atoms with Gasteiger partial charge in [0.15, 0.2) is 22.8 Å². The molecule has 18 aromatic rings. The van der Waals surface area contributed by atoms with Gasteiger partial charge in [-0.2, -0.15) is 18.3 Å². The van der Waals surface area contributed by atoms with Gasteiger partial charge in [0.2, 0.25) is 11.6 Å². The minimum Gasteiger partial charge on any atom is -0.344 e. The fraction of sp³-hybridized carbons (Fsp3) is 0.369. The van der Waals surface area contributed by atoms with Crippen molar-refractivity contribution in [1.29, 1.82) is 0 Å². The molecule has 0 aliphatic rings. The molecule has 14 nitrogen and oxygen atoms in total. The highest BCUT2D eigenvalue weighted by molar-refractivity contribution is 5.86. The Balaban J connectivity index is 0.000000145. The maximum Gasteiger partial charge on any atom is 0.330 e. The topological polar surface area (TPSA) is 80.7 Å². The van der Waals surface area contributed by atoms with E-state index in [9.17, 15) is 0 Å². The molecule has 18 rings (SSSR count). The Morgan fingerprint density at radius 1 is 0.250 bits per heavy atom. The van der Waals surface area contributed by atoms with Gasteiger partial charge >= 0.3 is 23.3 Å². The zero-order chi connectivity index (χ0) is 104. The van der Waals surface area contributed by atoms with Gasteiger partial charge in [0, 0.05) is 102 Å². The summed E-state index contributed by atoms with van der Waals surface area (Å²) in [7, 11) is 17.4. The summed E-state index contributed by atoms with van der Waals surface area (Å²) < 4.78 is 28.3. The van der Waals surface area contributed by atoms with Crippen LogP contribution in [-0.2, 0) is 78.0 Å². The Labute approximate surface area is 861 Å². The van der Waals surface area contributed by atoms with E-state index in [1.165, 1.54) is 168 Å². The van der Waals surface area contributed by atoms with E-state index in [-0.39, 0.29) is 21.7 Å². The quantitative estimate of drug-likeness (QED) is 0.0565. The van der Waals surface area contributed by atoms with Crippen molar-refractivity contribution in [1.82, 2.24) is 46.5 Å². The Morgan fingerprint density at radius 2 is 0.528 bits per heavy atom. The SMILES string of the molecule is Cc1ccccc1C(C)(C)c1c[n+](-c2c(C(C)C)cccc2C(C)C)c(-c2cc3ccccc3n2C)n1C.Cc1ccccc1C(C)(C)c1c[n+](-c2c(C(C)C)cccc2C(C)C)c(-c2cccn2C)n1C.Cc1ccccc1C(C)(C)c1c[n+](-c2c(C(C)C)cccc2C(C)C)c(-c2nc3ccccc3n2C)n1C.Cc1ccccc1C(C)(C)c1c[n+](-c2c(C(C)C)cccc2C(C)C)c(-c2nccn2C)n1C. The first kappa shape index (κ1) is 105. The van der Waals surface area contributed by atoms with Crippen LogP contribution in [-0.4, -0.2) is 46.5 Å². The molecule has 0 spiro atoms. The van der Waals surface area contributed by atoms with Gasteiger partial charge in [-0.1, -0.05) is 311 Å². The van der Waals surface area contributed by atoms with Gasteiger partial charge < -0.3 is 18.3 Å². The van der Waals surface area contributed by atoms with Gasteiger partial charge in [0.25, 0.3) is 0 Å². The minimum absolute atomic E-state index is 0.157. The van der Waals surface area contributed by atoms with Gasteiger partial charge in [0.05, 0.1) is 60.9 Å². The van der Waals surface area contributed by atoms with Crippen molar-refractivity contribution in [3.05, 3.63) is 392 Å². The van der Waals surface area contributed by atoms with Crippen LogP contribution in [0.4, 0.5) is 0 Å². The minimum atomic E-state index is -0.213. The van der Waals surface area contributed by atoms with Crippen LogP contribution in [0, 0.1) is 27.7 Å². The van der Waals surface area contributed by atoms with Crippen molar-refractivity contribution in [3.63, 3.8) is 0 Å². The van der Waals surface area contributed by atoms with Crippen molar-refractivity contribution >= 4 is 21.9 Å². The van der Waals surface area contributed by atoms with E-state index in [0.29, 0.717) is 47.3 Å². The molecule has 8 heterocycles. The number of benzene rings is 10. The summed E-state index contributed by atoms with van der Waals surface area (Å²) in [5.41, 5.74) is 37.0. The molecule has 0 radical (unpaired) electrons. The number of para-hydroxylation sites is 7. The van der Waals surface area contributed by atoms with Crippen molar-refractivity contribution in [3.8, 4) is 69.1 Å². The average Bonchev–Trinajstić information content (AvgIpc) is 1.73. The Kier molecular flexibility index (Phi) is 30.4. The van der Waals surface area contributed by atoms with E-state index in [4.69, 9.17) is 9.97 Å². The lowest BCUT2D eigenvalue weighted by molar-refractivity contribution is -0.585. The van der Waals surface area contributed by atoms with E-state index in [1.54, 1.807) is 0 Å². The standard InChI is InChI=1S/C35H42N3.C34H41N4.C31H40N3.C30H39N4/c1-23(2)27-17-14-18-28(24(3)4)33(27)38-22-32(35(6,7)29-19-12-10-15-25(29)5)37(9)34(38)31-21-26-16-11-13-20-30(26)36(31)8;1-22(2)25-16-14-17-26(23(3)4)31(25)38-21-30(34(6,7)27-18-11-10-15-24(27)5)37(9)33(38)32-35-28-19-12-13-20-29(28)36(32)8;1-21(2)24-15-12-16-25(22(3)4)29(24)34-20-28(31(6,7)26-17-11-10-14-23(26)5)33(9)30(34)27-18-13-19-32(27)8;1-20(2)23-14-12-15-24(21(3)4)27(23)34-19-26(30(6,7)25-16-11-10-13-22(25)5)33(9)29(34)28-31-17-18-32(28)8/h10-24H,1-9H3;10-23H,1-9H3;10-22H,1-9H3;10-21H,1-9H3/q4*+1. The molecule has 0 amide bonds. The molecule has 8 aromatic heterocycles. The molecule has 0 N–H and O–H groups in total. The van der Waals surface area contributed by atoms with Crippen LogP contribution in [0.25, 0.3) is 91.0 Å². The van der Waals surface area contributed by atoms with Crippen LogP contribution < -0.4 is 18.3 Å². The first-order valence-corrected chi connectivity index (χ1v) is 52.5. The first-order chi connectivity index (χ1) is 68.2. The summed E-state index contributed by atoms with van der Waals surface area (Å²) in [5.74, 6) is 9.78. The molecule has 0 aliphatic heterocycles. The second-order valence-electron chi connectivity index (χ2n) is 45.2. The van der Waals surface area contributed by atoms with Crippen molar-refractivity contribution in [2.24, 2.45) is 56.4 Å². The molecule has 0 saturated carbocycles. The summed E-state index contributed by atoms with van der Waals surface area (Å²) in [6, 6.07) is 86.1. The third-order valence-electron chi connectivity index (χ3n) is 31.2. The molecule has 0 saturated heterocycles. The largest absolute Gasteiger partial charge is 0.344 e. The Morgan fingerprint density at radius 3 is 0.812 bits per heavy atom. The number of aromatic nitrogens is 14. The number of hydrogen-bond acceptors (Lipinski definition) is 2. The lowest BCUT2D eigenvalue weighted by Crippen LogP contribution is -2.36. The average molecular weight is 1920 g/mol. The normalized spacial score (nSPS) is 12.2. The molecule has 144 heavy (non-hydrogen) atoms. The highest BCUT2D eigenvalue weighted by atomic mass is 15.2. The summed E-state index contributed by atoms with van der Waals surface area (Å²) in [6.07, 6.45) is 15.6.